The van der Waals surface area contributed by atoms with Gasteiger partial charge in [-0.2, -0.15) is 0 Å². The normalized spacial score (nSPS) is 10.9. The van der Waals surface area contributed by atoms with Gasteiger partial charge in [-0.1, -0.05) is 29.8 Å². The van der Waals surface area contributed by atoms with Crippen molar-refractivity contribution < 1.29 is 5.11 Å². The molecule has 4 heteroatoms. The molecule has 0 unspecified atom stereocenters. The molecule has 0 fully saturated rings. The molecule has 2 aromatic heterocycles. The molecule has 3 rings (SSSR count). The van der Waals surface area contributed by atoms with E-state index in [4.69, 9.17) is 11.6 Å². The second kappa shape index (κ2) is 3.79. The Kier molecular flexibility index (Phi) is 2.27. The summed E-state index contributed by atoms with van der Waals surface area (Å²) in [5.41, 5.74) is 2.44. The van der Waals surface area contributed by atoms with Crippen molar-refractivity contribution in [2.75, 3.05) is 0 Å². The standard InChI is InChI=1S/C13H9ClN2O/c14-12-5-2-6-13-15-11(8-16(12)13)9-3-1-4-10(17)7-9/h1-8,17H. The van der Waals surface area contributed by atoms with Crippen LogP contribution >= 0.6 is 11.6 Å². The zero-order valence-electron chi connectivity index (χ0n) is 8.84. The van der Waals surface area contributed by atoms with Crippen LogP contribution in [0.1, 0.15) is 0 Å². The Morgan fingerprint density at radius 3 is 2.71 bits per heavy atom. The fourth-order valence-corrected chi connectivity index (χ4v) is 1.99. The fraction of sp³-hybridized carbons (Fsp3) is 0. The molecule has 0 bridgehead atoms. The van der Waals surface area contributed by atoms with E-state index in [2.05, 4.69) is 4.98 Å². The minimum Gasteiger partial charge on any atom is -0.508 e. The molecular formula is C13H9ClN2O. The van der Waals surface area contributed by atoms with Crippen molar-refractivity contribution in [2.45, 2.75) is 0 Å². The number of aromatic hydroxyl groups is 1. The van der Waals surface area contributed by atoms with E-state index < -0.39 is 0 Å². The highest BCUT2D eigenvalue weighted by Crippen LogP contribution is 2.24. The number of phenols is 1. The average Bonchev–Trinajstić information content (AvgIpc) is 2.74. The number of imidazole rings is 1. The Labute approximate surface area is 103 Å². The number of aromatic nitrogens is 2. The fourth-order valence-electron chi connectivity index (χ4n) is 1.78. The van der Waals surface area contributed by atoms with Crippen molar-refractivity contribution in [3.05, 3.63) is 53.8 Å². The zero-order valence-corrected chi connectivity index (χ0v) is 9.59. The quantitative estimate of drug-likeness (QED) is 0.667. The molecule has 17 heavy (non-hydrogen) atoms. The predicted molar refractivity (Wildman–Crippen MR) is 67.3 cm³/mol. The van der Waals surface area contributed by atoms with Crippen LogP contribution in [0.4, 0.5) is 0 Å². The molecule has 1 N–H and O–H groups in total. The van der Waals surface area contributed by atoms with Crippen LogP contribution < -0.4 is 0 Å². The zero-order chi connectivity index (χ0) is 11.8. The van der Waals surface area contributed by atoms with E-state index in [0.717, 1.165) is 16.9 Å². The summed E-state index contributed by atoms with van der Waals surface area (Å²) in [6.07, 6.45) is 1.85. The van der Waals surface area contributed by atoms with Gasteiger partial charge in [0.2, 0.25) is 0 Å². The van der Waals surface area contributed by atoms with Gasteiger partial charge in [-0.15, -0.1) is 0 Å². The van der Waals surface area contributed by atoms with E-state index in [0.29, 0.717) is 5.15 Å². The summed E-state index contributed by atoms with van der Waals surface area (Å²) in [6.45, 7) is 0. The molecule has 2 heterocycles. The number of rotatable bonds is 1. The van der Waals surface area contributed by atoms with Gasteiger partial charge < -0.3 is 5.11 Å². The molecule has 0 saturated heterocycles. The van der Waals surface area contributed by atoms with Crippen LogP contribution in [0, 0.1) is 0 Å². The van der Waals surface area contributed by atoms with Crippen molar-refractivity contribution in [1.29, 1.82) is 0 Å². The molecule has 0 amide bonds. The summed E-state index contributed by atoms with van der Waals surface area (Å²) in [5.74, 6) is 0.227. The van der Waals surface area contributed by atoms with Gasteiger partial charge in [0.15, 0.2) is 0 Å². The van der Waals surface area contributed by atoms with E-state index in [-0.39, 0.29) is 5.75 Å². The predicted octanol–water partition coefficient (Wildman–Crippen LogP) is 3.36. The molecule has 0 radical (unpaired) electrons. The maximum Gasteiger partial charge on any atom is 0.138 e. The molecule has 0 aliphatic carbocycles. The number of fused-ring (bicyclic) bond motifs is 1. The first-order chi connectivity index (χ1) is 8.24. The second-order valence-electron chi connectivity index (χ2n) is 3.75. The van der Waals surface area contributed by atoms with Gasteiger partial charge in [-0.3, -0.25) is 4.40 Å². The average molecular weight is 245 g/mol. The lowest BCUT2D eigenvalue weighted by Gasteiger charge is -1.96. The summed E-state index contributed by atoms with van der Waals surface area (Å²) in [7, 11) is 0. The Morgan fingerprint density at radius 1 is 1.12 bits per heavy atom. The van der Waals surface area contributed by atoms with Crippen molar-refractivity contribution in [3.63, 3.8) is 0 Å². The summed E-state index contributed by atoms with van der Waals surface area (Å²) >= 11 is 6.06. The number of phenolic OH excluding ortho intramolecular Hbond substituents is 1. The summed E-state index contributed by atoms with van der Waals surface area (Å²) in [5, 5.41) is 10.1. The number of hydrogen-bond donors (Lipinski definition) is 1. The van der Waals surface area contributed by atoms with Gasteiger partial charge in [0.25, 0.3) is 0 Å². The molecule has 3 aromatic rings. The van der Waals surface area contributed by atoms with E-state index in [9.17, 15) is 5.11 Å². The van der Waals surface area contributed by atoms with Crippen LogP contribution in [0.5, 0.6) is 5.75 Å². The van der Waals surface area contributed by atoms with Crippen LogP contribution in [0.15, 0.2) is 48.7 Å². The molecule has 3 nitrogen and oxygen atoms in total. The summed E-state index contributed by atoms with van der Waals surface area (Å²) in [6, 6.07) is 12.5. The third-order valence-electron chi connectivity index (χ3n) is 2.58. The Morgan fingerprint density at radius 2 is 1.94 bits per heavy atom. The molecule has 84 valence electrons. The molecule has 1 aromatic carbocycles. The first kappa shape index (κ1) is 10.2. The molecule has 0 spiro atoms. The SMILES string of the molecule is Oc1cccc(-c2cn3c(Cl)cccc3n2)c1. The van der Waals surface area contributed by atoms with Gasteiger partial charge >= 0.3 is 0 Å². The molecule has 0 aliphatic rings. The smallest absolute Gasteiger partial charge is 0.138 e. The van der Waals surface area contributed by atoms with E-state index >= 15 is 0 Å². The lowest BCUT2D eigenvalue weighted by Crippen LogP contribution is -1.82. The van der Waals surface area contributed by atoms with Gasteiger partial charge in [0.05, 0.1) is 5.69 Å². The topological polar surface area (TPSA) is 37.5 Å². The molecule has 0 saturated carbocycles. The molecule has 0 aliphatic heterocycles. The van der Waals surface area contributed by atoms with Crippen molar-refractivity contribution in [2.24, 2.45) is 0 Å². The highest BCUT2D eigenvalue weighted by molar-refractivity contribution is 6.29. The van der Waals surface area contributed by atoms with Crippen LogP contribution in [0.2, 0.25) is 5.15 Å². The third kappa shape index (κ3) is 1.74. The molecular weight excluding hydrogens is 236 g/mol. The number of hydrogen-bond acceptors (Lipinski definition) is 2. The lowest BCUT2D eigenvalue weighted by molar-refractivity contribution is 0.475. The van der Waals surface area contributed by atoms with E-state index in [1.165, 1.54) is 0 Å². The van der Waals surface area contributed by atoms with Crippen LogP contribution in [-0.4, -0.2) is 14.5 Å². The Hall–Kier alpha value is -2.00. The van der Waals surface area contributed by atoms with Gasteiger partial charge in [0, 0.05) is 11.8 Å². The van der Waals surface area contributed by atoms with E-state index in [1.54, 1.807) is 22.6 Å². The maximum atomic E-state index is 9.44. The highest BCUT2D eigenvalue weighted by Gasteiger charge is 2.06. The van der Waals surface area contributed by atoms with Gasteiger partial charge in [-0.25, -0.2) is 4.98 Å². The highest BCUT2D eigenvalue weighted by atomic mass is 35.5. The van der Waals surface area contributed by atoms with Crippen LogP contribution in [-0.2, 0) is 0 Å². The minimum absolute atomic E-state index is 0.227. The summed E-state index contributed by atoms with van der Waals surface area (Å²) < 4.78 is 1.81. The number of pyridine rings is 1. The van der Waals surface area contributed by atoms with Crippen molar-refractivity contribution in [1.82, 2.24) is 9.38 Å². The first-order valence-corrected chi connectivity index (χ1v) is 5.55. The van der Waals surface area contributed by atoms with Crippen LogP contribution in [0.25, 0.3) is 16.9 Å². The van der Waals surface area contributed by atoms with Gasteiger partial charge in [-0.05, 0) is 24.3 Å². The van der Waals surface area contributed by atoms with E-state index in [1.807, 2.05) is 30.5 Å². The number of nitrogens with zero attached hydrogens (tertiary/aromatic N) is 2. The lowest BCUT2D eigenvalue weighted by atomic mass is 10.1. The maximum absolute atomic E-state index is 9.44. The Balaban J connectivity index is 2.22. The first-order valence-electron chi connectivity index (χ1n) is 5.17. The minimum atomic E-state index is 0.227. The number of benzene rings is 1. The Bertz CT molecular complexity index is 691. The van der Waals surface area contributed by atoms with Crippen LogP contribution in [0.3, 0.4) is 0 Å². The largest absolute Gasteiger partial charge is 0.508 e. The second-order valence-corrected chi connectivity index (χ2v) is 4.14. The monoisotopic (exact) mass is 244 g/mol. The third-order valence-corrected chi connectivity index (χ3v) is 2.89. The van der Waals surface area contributed by atoms with Crippen molar-refractivity contribution in [3.8, 4) is 17.0 Å². The summed E-state index contributed by atoms with van der Waals surface area (Å²) in [4.78, 5) is 4.45. The number of halogens is 1. The van der Waals surface area contributed by atoms with Gasteiger partial charge in [0.1, 0.15) is 16.5 Å². The van der Waals surface area contributed by atoms with Crippen molar-refractivity contribution >= 4 is 17.2 Å². The molecule has 0 atom stereocenters.